The standard InChI is InChI=1S/C18H25N3O2/c1-3-14(22)12-20-8-10-21(11-9-20)18(23)16-13-19(2)17-7-5-4-6-15(16)17/h4-7,13-14,22H,3,8-12H2,1-2H3. The Morgan fingerprint density at radius 1 is 1.22 bits per heavy atom. The summed E-state index contributed by atoms with van der Waals surface area (Å²) in [7, 11) is 1.98. The Balaban J connectivity index is 1.70. The third-order valence-corrected chi connectivity index (χ3v) is 4.73. The number of amides is 1. The van der Waals surface area contributed by atoms with Gasteiger partial charge in [-0.3, -0.25) is 9.69 Å². The maximum atomic E-state index is 12.9. The monoisotopic (exact) mass is 315 g/mol. The molecular weight excluding hydrogens is 290 g/mol. The minimum atomic E-state index is -0.268. The lowest BCUT2D eigenvalue weighted by molar-refractivity contribution is 0.0525. The number of rotatable bonds is 4. The number of carbonyl (C=O) groups excluding carboxylic acids is 1. The zero-order valence-corrected chi connectivity index (χ0v) is 13.9. The zero-order valence-electron chi connectivity index (χ0n) is 13.9. The summed E-state index contributed by atoms with van der Waals surface area (Å²) >= 11 is 0. The van der Waals surface area contributed by atoms with Crippen molar-refractivity contribution in [3.8, 4) is 0 Å². The van der Waals surface area contributed by atoms with Gasteiger partial charge >= 0.3 is 0 Å². The van der Waals surface area contributed by atoms with Crippen LogP contribution in [0.4, 0.5) is 0 Å². The molecule has 0 bridgehead atoms. The maximum Gasteiger partial charge on any atom is 0.256 e. The molecule has 5 heteroatoms. The van der Waals surface area contributed by atoms with Crippen LogP contribution in [0, 0.1) is 0 Å². The highest BCUT2D eigenvalue weighted by molar-refractivity contribution is 6.07. The van der Waals surface area contributed by atoms with E-state index in [-0.39, 0.29) is 12.0 Å². The SMILES string of the molecule is CCC(O)CN1CCN(C(=O)c2cn(C)c3ccccc23)CC1. The van der Waals surface area contributed by atoms with Crippen LogP contribution in [-0.2, 0) is 7.05 Å². The van der Waals surface area contributed by atoms with E-state index in [0.717, 1.165) is 49.1 Å². The van der Waals surface area contributed by atoms with E-state index in [1.165, 1.54) is 0 Å². The summed E-state index contributed by atoms with van der Waals surface area (Å²) in [5.74, 6) is 0.109. The molecule has 0 aliphatic carbocycles. The second-order valence-electron chi connectivity index (χ2n) is 6.33. The molecule has 0 saturated carbocycles. The molecule has 1 N–H and O–H groups in total. The smallest absolute Gasteiger partial charge is 0.256 e. The molecule has 2 aromatic rings. The number of β-amino-alcohol motifs (C(OH)–C–C–N with tert-alkyl or cyclic N) is 1. The van der Waals surface area contributed by atoms with Crippen molar-refractivity contribution < 1.29 is 9.90 Å². The normalized spacial score (nSPS) is 17.6. The van der Waals surface area contributed by atoms with Crippen molar-refractivity contribution in [2.24, 2.45) is 7.05 Å². The second-order valence-corrected chi connectivity index (χ2v) is 6.33. The molecule has 1 fully saturated rings. The van der Waals surface area contributed by atoms with Crippen molar-refractivity contribution in [3.63, 3.8) is 0 Å². The Hall–Kier alpha value is -1.85. The molecule has 0 radical (unpaired) electrons. The molecule has 1 unspecified atom stereocenters. The van der Waals surface area contributed by atoms with E-state index in [9.17, 15) is 9.90 Å². The van der Waals surface area contributed by atoms with E-state index in [1.807, 2.05) is 53.9 Å². The number of aliphatic hydroxyl groups is 1. The van der Waals surface area contributed by atoms with E-state index >= 15 is 0 Å². The Kier molecular flexibility index (Phi) is 4.68. The number of aromatic nitrogens is 1. The molecule has 0 spiro atoms. The van der Waals surface area contributed by atoms with Crippen molar-refractivity contribution in [2.75, 3.05) is 32.7 Å². The number of para-hydroxylation sites is 1. The van der Waals surface area contributed by atoms with Crippen LogP contribution in [0.25, 0.3) is 10.9 Å². The summed E-state index contributed by atoms with van der Waals surface area (Å²) < 4.78 is 2.01. The van der Waals surface area contributed by atoms with Gasteiger partial charge in [-0.1, -0.05) is 25.1 Å². The quantitative estimate of drug-likeness (QED) is 0.934. The van der Waals surface area contributed by atoms with Gasteiger partial charge in [-0.15, -0.1) is 0 Å². The molecule has 124 valence electrons. The number of fused-ring (bicyclic) bond motifs is 1. The number of carbonyl (C=O) groups is 1. The average molecular weight is 315 g/mol. The largest absolute Gasteiger partial charge is 0.392 e. The molecule has 3 rings (SSSR count). The van der Waals surface area contributed by atoms with Gasteiger partial charge in [0.15, 0.2) is 0 Å². The van der Waals surface area contributed by atoms with Crippen molar-refractivity contribution in [3.05, 3.63) is 36.0 Å². The molecule has 5 nitrogen and oxygen atoms in total. The lowest BCUT2D eigenvalue weighted by atomic mass is 10.1. The lowest BCUT2D eigenvalue weighted by Crippen LogP contribution is -2.50. The summed E-state index contributed by atoms with van der Waals surface area (Å²) in [6, 6.07) is 8.02. The number of hydrogen-bond acceptors (Lipinski definition) is 3. The van der Waals surface area contributed by atoms with Gasteiger partial charge in [0.2, 0.25) is 0 Å². The average Bonchev–Trinajstić information content (AvgIpc) is 2.92. The highest BCUT2D eigenvalue weighted by Crippen LogP contribution is 2.22. The van der Waals surface area contributed by atoms with Gasteiger partial charge in [0.05, 0.1) is 11.7 Å². The van der Waals surface area contributed by atoms with Crippen LogP contribution in [0.5, 0.6) is 0 Å². The Bertz CT molecular complexity index is 687. The fraction of sp³-hybridized carbons (Fsp3) is 0.500. The van der Waals surface area contributed by atoms with Crippen LogP contribution >= 0.6 is 0 Å². The summed E-state index contributed by atoms with van der Waals surface area (Å²) in [6.45, 7) is 5.79. The fourth-order valence-electron chi connectivity index (χ4n) is 3.24. The van der Waals surface area contributed by atoms with E-state index in [1.54, 1.807) is 0 Å². The Morgan fingerprint density at radius 2 is 1.91 bits per heavy atom. The molecule has 1 aromatic carbocycles. The molecule has 1 amide bonds. The lowest BCUT2D eigenvalue weighted by Gasteiger charge is -2.35. The maximum absolute atomic E-state index is 12.9. The van der Waals surface area contributed by atoms with Gasteiger partial charge < -0.3 is 14.6 Å². The molecule has 1 aliphatic rings. The topological polar surface area (TPSA) is 48.7 Å². The molecule has 1 aromatic heterocycles. The van der Waals surface area contributed by atoms with Gasteiger partial charge in [-0.25, -0.2) is 0 Å². The number of aliphatic hydroxyl groups excluding tert-OH is 1. The van der Waals surface area contributed by atoms with Crippen LogP contribution in [-0.4, -0.2) is 64.2 Å². The van der Waals surface area contributed by atoms with E-state index in [0.29, 0.717) is 6.54 Å². The first-order chi connectivity index (χ1) is 11.1. The van der Waals surface area contributed by atoms with Gasteiger partial charge in [0.25, 0.3) is 5.91 Å². The highest BCUT2D eigenvalue weighted by Gasteiger charge is 2.25. The number of benzene rings is 1. The predicted molar refractivity (Wildman–Crippen MR) is 91.6 cm³/mol. The molecular formula is C18H25N3O2. The van der Waals surface area contributed by atoms with Crippen LogP contribution < -0.4 is 0 Å². The first-order valence-corrected chi connectivity index (χ1v) is 8.34. The second kappa shape index (κ2) is 6.72. The summed E-state index contributed by atoms with van der Waals surface area (Å²) in [4.78, 5) is 17.0. The minimum absolute atomic E-state index is 0.109. The highest BCUT2D eigenvalue weighted by atomic mass is 16.3. The first-order valence-electron chi connectivity index (χ1n) is 8.34. The Labute approximate surface area is 137 Å². The molecule has 1 saturated heterocycles. The fourth-order valence-corrected chi connectivity index (χ4v) is 3.24. The van der Waals surface area contributed by atoms with Crippen molar-refractivity contribution >= 4 is 16.8 Å². The molecule has 23 heavy (non-hydrogen) atoms. The summed E-state index contributed by atoms with van der Waals surface area (Å²) in [6.07, 6.45) is 2.44. The number of aryl methyl sites for hydroxylation is 1. The third kappa shape index (κ3) is 3.26. The number of piperazine rings is 1. The summed E-state index contributed by atoms with van der Waals surface area (Å²) in [5, 5.41) is 10.8. The minimum Gasteiger partial charge on any atom is -0.392 e. The Morgan fingerprint density at radius 3 is 2.61 bits per heavy atom. The number of nitrogens with zero attached hydrogens (tertiary/aromatic N) is 3. The van der Waals surface area contributed by atoms with Gasteiger partial charge in [-0.05, 0) is 12.5 Å². The molecule has 1 atom stereocenters. The van der Waals surface area contributed by atoms with Gasteiger partial charge in [0, 0.05) is 56.9 Å². The predicted octanol–water partition coefficient (Wildman–Crippen LogP) is 1.71. The van der Waals surface area contributed by atoms with Crippen LogP contribution in [0.3, 0.4) is 0 Å². The van der Waals surface area contributed by atoms with Crippen LogP contribution in [0.1, 0.15) is 23.7 Å². The summed E-state index contributed by atoms with van der Waals surface area (Å²) in [5.41, 5.74) is 1.87. The van der Waals surface area contributed by atoms with E-state index < -0.39 is 0 Å². The zero-order chi connectivity index (χ0) is 16.4. The van der Waals surface area contributed by atoms with Gasteiger partial charge in [-0.2, -0.15) is 0 Å². The third-order valence-electron chi connectivity index (χ3n) is 4.73. The van der Waals surface area contributed by atoms with E-state index in [2.05, 4.69) is 4.90 Å². The van der Waals surface area contributed by atoms with Gasteiger partial charge in [0.1, 0.15) is 0 Å². The molecule has 2 heterocycles. The van der Waals surface area contributed by atoms with Crippen molar-refractivity contribution in [1.29, 1.82) is 0 Å². The number of hydrogen-bond donors (Lipinski definition) is 1. The van der Waals surface area contributed by atoms with Crippen LogP contribution in [0.15, 0.2) is 30.5 Å². The van der Waals surface area contributed by atoms with Crippen molar-refractivity contribution in [2.45, 2.75) is 19.4 Å². The van der Waals surface area contributed by atoms with E-state index in [4.69, 9.17) is 0 Å². The molecule has 1 aliphatic heterocycles. The van der Waals surface area contributed by atoms with Crippen molar-refractivity contribution in [1.82, 2.24) is 14.4 Å². The van der Waals surface area contributed by atoms with Crippen LogP contribution in [0.2, 0.25) is 0 Å². The first kappa shape index (κ1) is 16.0.